The molecule has 1 aromatic heterocycles. The summed E-state index contributed by atoms with van der Waals surface area (Å²) in [6.07, 6.45) is 1.02. The van der Waals surface area contributed by atoms with Crippen molar-refractivity contribution in [1.29, 1.82) is 0 Å². The average Bonchev–Trinajstić information content (AvgIpc) is 2.86. The molecule has 27 heavy (non-hydrogen) atoms. The number of aromatic nitrogens is 2. The van der Waals surface area contributed by atoms with E-state index < -0.39 is 6.09 Å². The van der Waals surface area contributed by atoms with Crippen molar-refractivity contribution in [3.63, 3.8) is 0 Å². The zero-order valence-corrected chi connectivity index (χ0v) is 15.6. The maximum Gasteiger partial charge on any atom is 0.407 e. The van der Waals surface area contributed by atoms with Crippen LogP contribution in [0.3, 0.4) is 0 Å². The first-order valence-corrected chi connectivity index (χ1v) is 8.89. The van der Waals surface area contributed by atoms with Gasteiger partial charge in [-0.2, -0.15) is 0 Å². The van der Waals surface area contributed by atoms with Gasteiger partial charge in [-0.3, -0.25) is 9.48 Å². The van der Waals surface area contributed by atoms with Gasteiger partial charge in [0, 0.05) is 19.2 Å². The summed E-state index contributed by atoms with van der Waals surface area (Å²) in [6, 6.07) is 9.39. The van der Waals surface area contributed by atoms with Gasteiger partial charge in [-0.1, -0.05) is 30.3 Å². The van der Waals surface area contributed by atoms with E-state index in [0.29, 0.717) is 19.0 Å². The fraction of sp³-hybridized carbons (Fsp3) is 0.421. The molecular weight excluding hydrogens is 348 g/mol. The van der Waals surface area contributed by atoms with Crippen LogP contribution in [0.1, 0.15) is 23.2 Å². The van der Waals surface area contributed by atoms with Crippen molar-refractivity contribution >= 4 is 12.0 Å². The number of fused-ring (bicyclic) bond motifs is 1. The summed E-state index contributed by atoms with van der Waals surface area (Å²) in [5, 5.41) is 6.87. The van der Waals surface area contributed by atoms with Gasteiger partial charge >= 0.3 is 6.09 Å². The second kappa shape index (κ2) is 8.57. The molecule has 1 aromatic carbocycles. The molecule has 1 aliphatic heterocycles. The molecule has 0 aliphatic carbocycles. The number of nitrogens with one attached hydrogen (secondary N) is 1. The van der Waals surface area contributed by atoms with Gasteiger partial charge in [-0.25, -0.2) is 4.79 Å². The van der Waals surface area contributed by atoms with E-state index in [9.17, 15) is 9.59 Å². The van der Waals surface area contributed by atoms with Gasteiger partial charge in [0.1, 0.15) is 13.2 Å². The van der Waals surface area contributed by atoms with E-state index in [1.54, 1.807) is 16.7 Å². The van der Waals surface area contributed by atoms with Crippen LogP contribution in [-0.4, -0.2) is 46.9 Å². The number of amides is 2. The number of carbonyl (C=O) groups is 2. The third-order valence-corrected chi connectivity index (χ3v) is 4.58. The van der Waals surface area contributed by atoms with Crippen molar-refractivity contribution in [2.45, 2.75) is 26.0 Å². The van der Waals surface area contributed by atoms with E-state index in [-0.39, 0.29) is 19.1 Å². The molecule has 0 fully saturated rings. The first-order chi connectivity index (χ1) is 13.1. The van der Waals surface area contributed by atoms with Gasteiger partial charge in [-0.15, -0.1) is 5.10 Å². The molecule has 0 spiro atoms. The Morgan fingerprint density at radius 2 is 2.04 bits per heavy atom. The molecule has 0 saturated heterocycles. The number of nitrogens with zero attached hydrogens (tertiary/aromatic N) is 3. The topological polar surface area (TPSA) is 85.7 Å². The summed E-state index contributed by atoms with van der Waals surface area (Å²) in [5.74, 6) is 0.462. The van der Waals surface area contributed by atoms with Crippen molar-refractivity contribution in [2.75, 3.05) is 20.2 Å². The highest BCUT2D eigenvalue weighted by atomic mass is 16.5. The lowest BCUT2D eigenvalue weighted by Crippen LogP contribution is -2.40. The predicted molar refractivity (Wildman–Crippen MR) is 98.1 cm³/mol. The van der Waals surface area contributed by atoms with Crippen molar-refractivity contribution in [3.8, 4) is 5.88 Å². The van der Waals surface area contributed by atoms with Crippen LogP contribution in [0, 0.1) is 0 Å². The minimum atomic E-state index is -0.607. The van der Waals surface area contributed by atoms with Crippen molar-refractivity contribution in [3.05, 3.63) is 47.2 Å². The first-order valence-electron chi connectivity index (χ1n) is 8.89. The van der Waals surface area contributed by atoms with Crippen LogP contribution in [0.5, 0.6) is 5.88 Å². The normalized spacial score (nSPS) is 13.5. The van der Waals surface area contributed by atoms with E-state index in [1.807, 2.05) is 37.4 Å². The fourth-order valence-electron chi connectivity index (χ4n) is 3.14. The van der Waals surface area contributed by atoms with Gasteiger partial charge < -0.3 is 19.7 Å². The van der Waals surface area contributed by atoms with Gasteiger partial charge in [0.2, 0.25) is 11.8 Å². The molecule has 2 heterocycles. The smallest absolute Gasteiger partial charge is 0.407 e. The molecule has 0 unspecified atom stereocenters. The summed E-state index contributed by atoms with van der Waals surface area (Å²) in [6.45, 7) is 1.14. The molecule has 144 valence electrons. The van der Waals surface area contributed by atoms with Crippen LogP contribution in [-0.2, 0) is 36.2 Å². The summed E-state index contributed by atoms with van der Waals surface area (Å²) in [7, 11) is 3.44. The predicted octanol–water partition coefficient (Wildman–Crippen LogP) is 1.63. The Balaban J connectivity index is 1.51. The SMILES string of the molecule is COc1nn(C)c2c1CCCN(C(=O)CNC(=O)OCc1ccccc1)C2. The highest BCUT2D eigenvalue weighted by molar-refractivity contribution is 5.82. The highest BCUT2D eigenvalue weighted by Gasteiger charge is 2.25. The lowest BCUT2D eigenvalue weighted by Gasteiger charge is -2.21. The number of rotatable bonds is 5. The van der Waals surface area contributed by atoms with Crippen molar-refractivity contribution in [2.24, 2.45) is 7.05 Å². The largest absolute Gasteiger partial charge is 0.480 e. The van der Waals surface area contributed by atoms with Gasteiger partial charge in [-0.05, 0) is 18.4 Å². The van der Waals surface area contributed by atoms with Crippen LogP contribution in [0.15, 0.2) is 30.3 Å². The zero-order chi connectivity index (χ0) is 19.2. The third kappa shape index (κ3) is 4.58. The molecule has 2 aromatic rings. The monoisotopic (exact) mass is 372 g/mol. The standard InChI is InChI=1S/C19H24N4O4/c1-22-16-12-23(10-6-9-15(16)18(21-22)26-2)17(24)11-20-19(25)27-13-14-7-4-3-5-8-14/h3-5,7-8H,6,9-13H2,1-2H3,(H,20,25). The molecule has 0 bridgehead atoms. The van der Waals surface area contributed by atoms with E-state index in [1.165, 1.54) is 0 Å². The molecule has 8 nitrogen and oxygen atoms in total. The molecule has 0 radical (unpaired) electrons. The second-order valence-electron chi connectivity index (χ2n) is 6.39. The number of ether oxygens (including phenoxy) is 2. The Labute approximate surface area is 158 Å². The molecular formula is C19H24N4O4. The van der Waals surface area contributed by atoms with E-state index in [0.717, 1.165) is 29.7 Å². The van der Waals surface area contributed by atoms with Crippen LogP contribution in [0.4, 0.5) is 4.79 Å². The average molecular weight is 372 g/mol. The number of carbonyl (C=O) groups excluding carboxylic acids is 2. The van der Waals surface area contributed by atoms with E-state index in [2.05, 4.69) is 10.4 Å². The second-order valence-corrected chi connectivity index (χ2v) is 6.39. The maximum atomic E-state index is 12.5. The molecule has 1 N–H and O–H groups in total. The van der Waals surface area contributed by atoms with Crippen molar-refractivity contribution in [1.82, 2.24) is 20.0 Å². The Morgan fingerprint density at radius 1 is 1.26 bits per heavy atom. The molecule has 2 amide bonds. The quantitative estimate of drug-likeness (QED) is 0.862. The summed E-state index contributed by atoms with van der Waals surface area (Å²) in [4.78, 5) is 26.1. The molecule has 8 heteroatoms. The number of aryl methyl sites for hydroxylation is 1. The number of alkyl carbamates (subject to hydrolysis) is 1. The molecule has 0 atom stereocenters. The lowest BCUT2D eigenvalue weighted by atomic mass is 10.1. The highest BCUT2D eigenvalue weighted by Crippen LogP contribution is 2.26. The molecule has 1 aliphatic rings. The van der Waals surface area contributed by atoms with Gasteiger partial charge in [0.05, 0.1) is 19.3 Å². The van der Waals surface area contributed by atoms with Gasteiger partial charge in [0.25, 0.3) is 0 Å². The maximum absolute atomic E-state index is 12.5. The minimum absolute atomic E-state index is 0.0993. The third-order valence-electron chi connectivity index (χ3n) is 4.58. The minimum Gasteiger partial charge on any atom is -0.480 e. The number of benzene rings is 1. The summed E-state index contributed by atoms with van der Waals surface area (Å²) in [5.41, 5.74) is 2.90. The van der Waals surface area contributed by atoms with Crippen LogP contribution < -0.4 is 10.1 Å². The zero-order valence-electron chi connectivity index (χ0n) is 15.6. The number of hydrogen-bond acceptors (Lipinski definition) is 5. The molecule has 0 saturated carbocycles. The lowest BCUT2D eigenvalue weighted by molar-refractivity contribution is -0.130. The van der Waals surface area contributed by atoms with E-state index >= 15 is 0 Å². The van der Waals surface area contributed by atoms with Crippen LogP contribution in [0.25, 0.3) is 0 Å². The van der Waals surface area contributed by atoms with E-state index in [4.69, 9.17) is 9.47 Å². The Bertz CT molecular complexity index is 804. The summed E-state index contributed by atoms with van der Waals surface area (Å²) >= 11 is 0. The Morgan fingerprint density at radius 3 is 2.78 bits per heavy atom. The van der Waals surface area contributed by atoms with Crippen molar-refractivity contribution < 1.29 is 19.1 Å². The first kappa shape index (κ1) is 18.8. The fourth-order valence-corrected chi connectivity index (χ4v) is 3.14. The van der Waals surface area contributed by atoms with Crippen LogP contribution >= 0.6 is 0 Å². The number of methoxy groups -OCH3 is 1. The summed E-state index contributed by atoms with van der Waals surface area (Å²) < 4.78 is 12.2. The van der Waals surface area contributed by atoms with Crippen LogP contribution in [0.2, 0.25) is 0 Å². The van der Waals surface area contributed by atoms with Gasteiger partial charge in [0.15, 0.2) is 0 Å². The Kier molecular flexibility index (Phi) is 5.95. The molecule has 3 rings (SSSR count). The number of hydrogen-bond donors (Lipinski definition) is 1. The Hall–Kier alpha value is -3.03.